The predicted octanol–water partition coefficient (Wildman–Crippen LogP) is 3.14. The van der Waals surface area contributed by atoms with Crippen molar-refractivity contribution in [2.75, 3.05) is 0 Å². The quantitative estimate of drug-likeness (QED) is 0.633. The van der Waals surface area contributed by atoms with Crippen molar-refractivity contribution in [3.63, 3.8) is 0 Å². The molecule has 0 aliphatic carbocycles. The number of hydrogen-bond donors (Lipinski definition) is 0. The Morgan fingerprint density at radius 3 is 2.88 bits per heavy atom. The van der Waals surface area contributed by atoms with Crippen LogP contribution in [0.25, 0.3) is 10.7 Å². The first-order valence-electron chi connectivity index (χ1n) is 7.10. The second kappa shape index (κ2) is 6.19. The molecule has 3 rings (SSSR count). The summed E-state index contributed by atoms with van der Waals surface area (Å²) in [6.07, 6.45) is 1.66. The van der Waals surface area contributed by atoms with E-state index in [1.807, 2.05) is 0 Å². The fourth-order valence-corrected chi connectivity index (χ4v) is 2.90. The molecule has 0 aromatic carbocycles. The number of thiophene rings is 1. The average molecular weight is 353 g/mol. The summed E-state index contributed by atoms with van der Waals surface area (Å²) in [6, 6.07) is 3.50. The van der Waals surface area contributed by atoms with Crippen molar-refractivity contribution in [1.29, 1.82) is 0 Å². The van der Waals surface area contributed by atoms with Gasteiger partial charge in [-0.3, -0.25) is 4.79 Å². The zero-order chi connectivity index (χ0) is 17.3. The summed E-state index contributed by atoms with van der Waals surface area (Å²) < 4.78 is 32.4. The molecule has 0 radical (unpaired) electrons. The van der Waals surface area contributed by atoms with E-state index in [4.69, 9.17) is 0 Å². The van der Waals surface area contributed by atoms with Gasteiger partial charge in [-0.1, -0.05) is 12.1 Å². The Bertz CT molecular complexity index is 865. The van der Waals surface area contributed by atoms with Crippen molar-refractivity contribution in [3.8, 4) is 10.7 Å². The van der Waals surface area contributed by atoms with E-state index in [0.717, 1.165) is 4.88 Å². The fraction of sp³-hybridized carbons (Fsp3) is 0.357. The first-order valence-corrected chi connectivity index (χ1v) is 7.92. The molecule has 0 spiro atoms. The van der Waals surface area contributed by atoms with E-state index in [0.29, 0.717) is 30.6 Å². The topological polar surface area (TPSA) is 86.7 Å². The van der Waals surface area contributed by atoms with Crippen molar-refractivity contribution < 1.29 is 18.1 Å². The molecule has 3 heterocycles. The average Bonchev–Trinajstić information content (AvgIpc) is 3.25. The van der Waals surface area contributed by atoms with Crippen molar-refractivity contribution in [2.24, 2.45) is 0 Å². The number of aromatic nitrogens is 5. The van der Waals surface area contributed by atoms with E-state index >= 15 is 0 Å². The summed E-state index contributed by atoms with van der Waals surface area (Å²) in [5, 5.41) is 7.62. The van der Waals surface area contributed by atoms with Crippen LogP contribution in [0.5, 0.6) is 0 Å². The van der Waals surface area contributed by atoms with Crippen LogP contribution in [0.2, 0.25) is 0 Å². The van der Waals surface area contributed by atoms with Gasteiger partial charge >= 0.3 is 5.92 Å². The summed E-state index contributed by atoms with van der Waals surface area (Å²) >= 11 is 1.31. The first kappa shape index (κ1) is 16.4. The third-order valence-electron chi connectivity index (χ3n) is 3.18. The fourth-order valence-electron chi connectivity index (χ4n) is 1.99. The maximum atomic E-state index is 13.2. The lowest BCUT2D eigenvalue weighted by Crippen LogP contribution is -2.11. The molecular formula is C14H13F2N5O2S. The van der Waals surface area contributed by atoms with E-state index in [9.17, 15) is 13.6 Å². The maximum absolute atomic E-state index is 13.2. The molecule has 0 aliphatic rings. The number of alkyl halides is 2. The van der Waals surface area contributed by atoms with Crippen molar-refractivity contribution in [1.82, 2.24) is 24.9 Å². The molecule has 126 valence electrons. The number of halogens is 2. The second-order valence-electron chi connectivity index (χ2n) is 5.10. The number of carbonyl (C=O) groups excluding carboxylic acids is 1. The normalized spacial score (nSPS) is 11.8. The molecule has 3 aromatic heterocycles. The molecule has 7 nitrogen and oxygen atoms in total. The van der Waals surface area contributed by atoms with Gasteiger partial charge in [0, 0.05) is 18.2 Å². The van der Waals surface area contributed by atoms with Gasteiger partial charge < -0.3 is 4.52 Å². The number of carbonyl (C=O) groups is 1. The van der Waals surface area contributed by atoms with Crippen LogP contribution in [0.3, 0.4) is 0 Å². The van der Waals surface area contributed by atoms with Crippen molar-refractivity contribution in [3.05, 3.63) is 35.1 Å². The molecule has 0 aliphatic heterocycles. The largest absolute Gasteiger partial charge is 0.332 e. The minimum absolute atomic E-state index is 0.0998. The Morgan fingerprint density at radius 2 is 2.21 bits per heavy atom. The molecular weight excluding hydrogens is 340 g/mol. The number of Topliss-reactive ketones (excluding diaryl/α,β-unsaturated/α-hetero) is 1. The van der Waals surface area contributed by atoms with E-state index in [1.54, 1.807) is 19.1 Å². The Morgan fingerprint density at radius 1 is 1.42 bits per heavy atom. The molecule has 0 saturated carbocycles. The molecule has 0 unspecified atom stereocenters. The van der Waals surface area contributed by atoms with Crippen LogP contribution in [0.4, 0.5) is 8.78 Å². The Hall–Kier alpha value is -2.49. The third kappa shape index (κ3) is 3.23. The SMILES string of the molecule is CCC(=O)c1ncnn1Cc1ccc(-c2noc(C(C)(F)F)n2)s1. The minimum Gasteiger partial charge on any atom is -0.332 e. The van der Waals surface area contributed by atoms with E-state index in [2.05, 4.69) is 24.7 Å². The minimum atomic E-state index is -3.18. The highest BCUT2D eigenvalue weighted by Gasteiger charge is 2.32. The number of ketones is 1. The van der Waals surface area contributed by atoms with Crippen LogP contribution in [0.1, 0.15) is 41.7 Å². The summed E-state index contributed by atoms with van der Waals surface area (Å²) in [4.78, 5) is 20.9. The molecule has 0 bridgehead atoms. The van der Waals surface area contributed by atoms with Gasteiger partial charge in [-0.25, -0.2) is 9.67 Å². The highest BCUT2D eigenvalue weighted by atomic mass is 32.1. The summed E-state index contributed by atoms with van der Waals surface area (Å²) in [5.74, 6) is -3.61. The van der Waals surface area contributed by atoms with Gasteiger partial charge in [0.05, 0.1) is 11.4 Å². The van der Waals surface area contributed by atoms with Crippen molar-refractivity contribution >= 4 is 17.1 Å². The molecule has 10 heteroatoms. The van der Waals surface area contributed by atoms with Gasteiger partial charge in [0.2, 0.25) is 5.82 Å². The summed E-state index contributed by atoms with van der Waals surface area (Å²) in [7, 11) is 0. The second-order valence-corrected chi connectivity index (χ2v) is 6.26. The maximum Gasteiger partial charge on any atom is 0.322 e. The van der Waals surface area contributed by atoms with Crippen LogP contribution in [-0.4, -0.2) is 30.7 Å². The molecule has 0 saturated heterocycles. The smallest absolute Gasteiger partial charge is 0.322 e. The molecule has 0 atom stereocenters. The Balaban J connectivity index is 1.80. The molecule has 0 N–H and O–H groups in total. The van der Waals surface area contributed by atoms with E-state index < -0.39 is 11.8 Å². The number of nitrogens with zero attached hydrogens (tertiary/aromatic N) is 5. The highest BCUT2D eigenvalue weighted by Crippen LogP contribution is 2.30. The van der Waals surface area contributed by atoms with Gasteiger partial charge in [0.1, 0.15) is 6.33 Å². The zero-order valence-electron chi connectivity index (χ0n) is 12.9. The monoisotopic (exact) mass is 353 g/mol. The van der Waals surface area contributed by atoms with Crippen LogP contribution < -0.4 is 0 Å². The van der Waals surface area contributed by atoms with Crippen molar-refractivity contribution in [2.45, 2.75) is 32.7 Å². The van der Waals surface area contributed by atoms with Crippen LogP contribution in [0.15, 0.2) is 23.0 Å². The van der Waals surface area contributed by atoms with Gasteiger partial charge in [-0.15, -0.1) is 11.3 Å². The lowest BCUT2D eigenvalue weighted by Gasteiger charge is -2.02. The summed E-state index contributed by atoms with van der Waals surface area (Å²) in [5.41, 5.74) is 0. The molecule has 0 amide bonds. The molecule has 0 fully saturated rings. The van der Waals surface area contributed by atoms with Crippen LogP contribution in [0, 0.1) is 0 Å². The molecule has 3 aromatic rings. The number of rotatable bonds is 6. The lowest BCUT2D eigenvalue weighted by molar-refractivity contribution is -0.0158. The van der Waals surface area contributed by atoms with Gasteiger partial charge in [-0.05, 0) is 12.1 Å². The summed E-state index contributed by atoms with van der Waals surface area (Å²) in [6.45, 7) is 2.80. The predicted molar refractivity (Wildman–Crippen MR) is 80.9 cm³/mol. The Kier molecular flexibility index (Phi) is 4.22. The standard InChI is InChI=1S/C14H13F2N5O2S/c1-3-9(22)12-17-7-18-21(12)6-8-4-5-10(24-8)11-19-13(23-20-11)14(2,15)16/h4-5,7H,3,6H2,1-2H3. The lowest BCUT2D eigenvalue weighted by atomic mass is 10.3. The van der Waals surface area contributed by atoms with E-state index in [-0.39, 0.29) is 11.6 Å². The molecule has 24 heavy (non-hydrogen) atoms. The van der Waals surface area contributed by atoms with Gasteiger partial charge in [0.15, 0.2) is 11.6 Å². The first-order chi connectivity index (χ1) is 11.4. The zero-order valence-corrected chi connectivity index (χ0v) is 13.7. The number of hydrogen-bond acceptors (Lipinski definition) is 7. The van der Waals surface area contributed by atoms with E-state index in [1.165, 1.54) is 22.3 Å². The third-order valence-corrected chi connectivity index (χ3v) is 4.24. The van der Waals surface area contributed by atoms with Gasteiger partial charge in [0.25, 0.3) is 5.89 Å². The van der Waals surface area contributed by atoms with Crippen LogP contribution in [-0.2, 0) is 12.5 Å². The van der Waals surface area contributed by atoms with Crippen LogP contribution >= 0.6 is 11.3 Å². The highest BCUT2D eigenvalue weighted by molar-refractivity contribution is 7.15. The Labute approximate surface area is 139 Å². The van der Waals surface area contributed by atoms with Gasteiger partial charge in [-0.2, -0.15) is 18.9 Å².